The molecular formula is C17H14ClF3N4O. The van der Waals surface area contributed by atoms with E-state index >= 15 is 0 Å². The van der Waals surface area contributed by atoms with Crippen molar-refractivity contribution in [3.8, 4) is 0 Å². The quantitative estimate of drug-likeness (QED) is 0.467. The van der Waals surface area contributed by atoms with Crippen molar-refractivity contribution in [2.75, 3.05) is 11.9 Å². The maximum absolute atomic E-state index is 13.3. The molecule has 26 heavy (non-hydrogen) atoms. The normalized spacial score (nSPS) is 15.4. The summed E-state index contributed by atoms with van der Waals surface area (Å²) in [5.41, 5.74) is 2.28. The Morgan fingerprint density at radius 3 is 2.85 bits per heavy atom. The molecule has 1 aliphatic rings. The summed E-state index contributed by atoms with van der Waals surface area (Å²) in [6.07, 6.45) is -0.538. The SMILES string of the molecule is O/N=C(\Cc1ccc(F)c(Cl)c1)c1ccnc2c1CC(=NCC(F)F)N2. The van der Waals surface area contributed by atoms with Crippen LogP contribution in [-0.2, 0) is 12.8 Å². The Labute approximate surface area is 152 Å². The summed E-state index contributed by atoms with van der Waals surface area (Å²) in [5.74, 6) is 0.322. The second-order valence-corrected chi connectivity index (χ2v) is 6.05. The Morgan fingerprint density at radius 1 is 1.35 bits per heavy atom. The van der Waals surface area contributed by atoms with Crippen molar-refractivity contribution in [1.82, 2.24) is 4.98 Å². The molecular weight excluding hydrogens is 369 g/mol. The number of amidine groups is 1. The van der Waals surface area contributed by atoms with Gasteiger partial charge in [0, 0.05) is 30.2 Å². The molecule has 1 aliphatic heterocycles. The number of fused-ring (bicyclic) bond motifs is 1. The monoisotopic (exact) mass is 382 g/mol. The fourth-order valence-corrected chi connectivity index (χ4v) is 2.90. The van der Waals surface area contributed by atoms with Crippen LogP contribution in [0.5, 0.6) is 0 Å². The van der Waals surface area contributed by atoms with Gasteiger partial charge in [-0.1, -0.05) is 22.8 Å². The van der Waals surface area contributed by atoms with Gasteiger partial charge in [0.25, 0.3) is 6.43 Å². The highest BCUT2D eigenvalue weighted by Crippen LogP contribution is 2.26. The third kappa shape index (κ3) is 3.96. The van der Waals surface area contributed by atoms with Crippen LogP contribution in [0.2, 0.25) is 5.02 Å². The van der Waals surface area contributed by atoms with Gasteiger partial charge in [-0.05, 0) is 23.8 Å². The topological polar surface area (TPSA) is 69.9 Å². The van der Waals surface area contributed by atoms with Gasteiger partial charge in [0.15, 0.2) is 0 Å². The van der Waals surface area contributed by atoms with Crippen LogP contribution in [0.1, 0.15) is 16.7 Å². The molecule has 5 nitrogen and oxygen atoms in total. The van der Waals surface area contributed by atoms with E-state index < -0.39 is 18.8 Å². The van der Waals surface area contributed by atoms with E-state index in [4.69, 9.17) is 11.6 Å². The van der Waals surface area contributed by atoms with Crippen molar-refractivity contribution in [2.24, 2.45) is 10.1 Å². The number of nitrogens with zero attached hydrogens (tertiary/aromatic N) is 3. The molecule has 2 heterocycles. The van der Waals surface area contributed by atoms with Crippen molar-refractivity contribution in [2.45, 2.75) is 19.3 Å². The van der Waals surface area contributed by atoms with Crippen LogP contribution in [0, 0.1) is 5.82 Å². The fraction of sp³-hybridized carbons (Fsp3) is 0.235. The lowest BCUT2D eigenvalue weighted by atomic mass is 9.98. The average Bonchev–Trinajstić information content (AvgIpc) is 3.04. The summed E-state index contributed by atoms with van der Waals surface area (Å²) in [7, 11) is 0. The molecule has 0 spiro atoms. The van der Waals surface area contributed by atoms with Gasteiger partial charge in [0.05, 0.1) is 10.7 Å². The van der Waals surface area contributed by atoms with E-state index in [1.807, 2.05) is 0 Å². The minimum atomic E-state index is -2.53. The smallest absolute Gasteiger partial charge is 0.257 e. The third-order valence-electron chi connectivity index (χ3n) is 3.87. The largest absolute Gasteiger partial charge is 0.411 e. The number of alkyl halides is 2. The number of anilines is 1. The summed E-state index contributed by atoms with van der Waals surface area (Å²) in [5, 5.41) is 15.7. The molecule has 0 saturated heterocycles. The van der Waals surface area contributed by atoms with Gasteiger partial charge < -0.3 is 10.5 Å². The molecule has 0 unspecified atom stereocenters. The summed E-state index contributed by atoms with van der Waals surface area (Å²) < 4.78 is 38.0. The lowest BCUT2D eigenvalue weighted by Crippen LogP contribution is -2.10. The predicted octanol–water partition coefficient (Wildman–Crippen LogP) is 3.93. The van der Waals surface area contributed by atoms with Crippen molar-refractivity contribution >= 4 is 29.0 Å². The number of aromatic nitrogens is 1. The number of oxime groups is 1. The molecule has 0 fully saturated rings. The fourth-order valence-electron chi connectivity index (χ4n) is 2.70. The van der Waals surface area contributed by atoms with E-state index in [2.05, 4.69) is 20.4 Å². The summed E-state index contributed by atoms with van der Waals surface area (Å²) >= 11 is 5.79. The summed E-state index contributed by atoms with van der Waals surface area (Å²) in [6, 6.07) is 5.90. The molecule has 1 aromatic carbocycles. The zero-order chi connectivity index (χ0) is 18.7. The van der Waals surface area contributed by atoms with Gasteiger partial charge in [-0.3, -0.25) is 4.99 Å². The predicted molar refractivity (Wildman–Crippen MR) is 93.3 cm³/mol. The first-order valence-corrected chi connectivity index (χ1v) is 8.07. The van der Waals surface area contributed by atoms with E-state index in [1.165, 1.54) is 18.3 Å². The van der Waals surface area contributed by atoms with Crippen molar-refractivity contribution in [3.63, 3.8) is 0 Å². The Bertz CT molecular complexity index is 886. The third-order valence-corrected chi connectivity index (χ3v) is 4.16. The molecule has 0 amide bonds. The Hall–Kier alpha value is -2.61. The van der Waals surface area contributed by atoms with E-state index in [0.717, 1.165) is 0 Å². The second-order valence-electron chi connectivity index (χ2n) is 5.64. The van der Waals surface area contributed by atoms with Crippen LogP contribution >= 0.6 is 11.6 Å². The molecule has 0 atom stereocenters. The highest BCUT2D eigenvalue weighted by atomic mass is 35.5. The van der Waals surface area contributed by atoms with Crippen LogP contribution in [0.3, 0.4) is 0 Å². The van der Waals surface area contributed by atoms with Gasteiger partial charge in [-0.25, -0.2) is 18.2 Å². The summed E-state index contributed by atoms with van der Waals surface area (Å²) in [6.45, 7) is -0.597. The molecule has 9 heteroatoms. The van der Waals surface area contributed by atoms with E-state index in [-0.39, 0.29) is 17.9 Å². The van der Waals surface area contributed by atoms with E-state index in [1.54, 1.807) is 12.1 Å². The minimum Gasteiger partial charge on any atom is -0.411 e. The molecule has 0 saturated carbocycles. The van der Waals surface area contributed by atoms with Crippen molar-refractivity contribution in [3.05, 3.63) is 58.0 Å². The zero-order valence-corrected chi connectivity index (χ0v) is 14.1. The standard InChI is InChI=1S/C17H14ClF3N4O/c18-12-5-9(1-2-13(12)19)6-14(25-26)10-3-4-22-17-11(10)7-16(24-17)23-8-15(20)21/h1-5,15,26H,6-8H2,(H,22,23,24)/b25-14+. The van der Waals surface area contributed by atoms with Crippen LogP contribution in [0.25, 0.3) is 0 Å². The van der Waals surface area contributed by atoms with Crippen molar-refractivity contribution < 1.29 is 18.4 Å². The van der Waals surface area contributed by atoms with Crippen LogP contribution in [0.4, 0.5) is 19.0 Å². The van der Waals surface area contributed by atoms with E-state index in [0.29, 0.717) is 34.1 Å². The first-order valence-electron chi connectivity index (χ1n) is 7.69. The molecule has 0 aliphatic carbocycles. The molecule has 0 bridgehead atoms. The van der Waals surface area contributed by atoms with Crippen molar-refractivity contribution in [1.29, 1.82) is 0 Å². The average molecular weight is 383 g/mol. The highest BCUT2D eigenvalue weighted by Gasteiger charge is 2.23. The zero-order valence-electron chi connectivity index (χ0n) is 13.4. The van der Waals surface area contributed by atoms with E-state index in [9.17, 15) is 18.4 Å². The Kier molecular flexibility index (Phi) is 5.41. The van der Waals surface area contributed by atoms with Gasteiger partial charge in [-0.15, -0.1) is 0 Å². The minimum absolute atomic E-state index is 0.0252. The summed E-state index contributed by atoms with van der Waals surface area (Å²) in [4.78, 5) is 7.98. The molecule has 136 valence electrons. The van der Waals surface area contributed by atoms with Gasteiger partial charge in [0.1, 0.15) is 24.0 Å². The van der Waals surface area contributed by atoms with Gasteiger partial charge in [-0.2, -0.15) is 0 Å². The second kappa shape index (κ2) is 7.74. The van der Waals surface area contributed by atoms with Gasteiger partial charge >= 0.3 is 0 Å². The van der Waals surface area contributed by atoms with Crippen LogP contribution in [0.15, 0.2) is 40.6 Å². The number of halogens is 4. The maximum Gasteiger partial charge on any atom is 0.257 e. The lowest BCUT2D eigenvalue weighted by molar-refractivity contribution is 0.158. The first-order chi connectivity index (χ1) is 12.5. The van der Waals surface area contributed by atoms with Crippen LogP contribution in [-0.4, -0.2) is 34.7 Å². The number of hydrogen-bond acceptors (Lipinski definition) is 4. The molecule has 2 aromatic rings. The number of nitrogens with one attached hydrogen (secondary N) is 1. The lowest BCUT2D eigenvalue weighted by Gasteiger charge is -2.09. The Morgan fingerprint density at radius 2 is 2.15 bits per heavy atom. The first kappa shape index (κ1) is 18.2. The number of pyridine rings is 1. The maximum atomic E-state index is 13.3. The number of rotatable bonds is 5. The number of hydrogen-bond donors (Lipinski definition) is 2. The molecule has 3 rings (SSSR count). The highest BCUT2D eigenvalue weighted by molar-refractivity contribution is 6.30. The Balaban J connectivity index is 1.87. The van der Waals surface area contributed by atoms with Gasteiger partial charge in [0.2, 0.25) is 0 Å². The number of benzene rings is 1. The molecule has 1 aromatic heterocycles. The number of aliphatic imine (C=N–C) groups is 1. The molecule has 2 N–H and O–H groups in total. The molecule has 0 radical (unpaired) electrons. The van der Waals surface area contributed by atoms with Crippen LogP contribution < -0.4 is 5.32 Å².